The van der Waals surface area contributed by atoms with Crippen LogP contribution in [0, 0.1) is 0 Å². The molecule has 0 aromatic rings. The van der Waals surface area contributed by atoms with Crippen molar-refractivity contribution in [2.24, 2.45) is 0 Å². The van der Waals surface area contributed by atoms with Crippen molar-refractivity contribution in [2.45, 2.75) is 322 Å². The molecule has 0 N–H and O–H groups in total. The van der Waals surface area contributed by atoms with Gasteiger partial charge >= 0.3 is 11.9 Å². The van der Waals surface area contributed by atoms with Crippen molar-refractivity contribution >= 4 is 11.9 Å². The van der Waals surface area contributed by atoms with E-state index < -0.39 is 6.10 Å². The first kappa shape index (κ1) is 65.9. The van der Waals surface area contributed by atoms with Gasteiger partial charge in [-0.3, -0.25) is 9.59 Å². The van der Waals surface area contributed by atoms with Crippen molar-refractivity contribution in [3.8, 4) is 0 Å². The summed E-state index contributed by atoms with van der Waals surface area (Å²) in [5, 5.41) is 0. The van der Waals surface area contributed by atoms with Crippen molar-refractivity contribution in [1.29, 1.82) is 0 Å². The molecular formula is C63H116O5. The SMILES string of the molecule is CC/C=C\C/C=C\C/C=C\C/C=C\CCCCCCCCC(=O)OCC(COCCCCCCCCCCCCCCCCCCCC)OC(=O)CCCCCCCCCCCCCCCCC. The summed E-state index contributed by atoms with van der Waals surface area (Å²) in [6.45, 7) is 7.77. The van der Waals surface area contributed by atoms with Crippen LogP contribution in [0.2, 0.25) is 0 Å². The maximum atomic E-state index is 12.9. The highest BCUT2D eigenvalue weighted by Crippen LogP contribution is 2.17. The van der Waals surface area contributed by atoms with Gasteiger partial charge in [0.2, 0.25) is 0 Å². The second-order valence-electron chi connectivity index (χ2n) is 20.2. The summed E-state index contributed by atoms with van der Waals surface area (Å²) in [5.41, 5.74) is 0. The van der Waals surface area contributed by atoms with E-state index in [2.05, 4.69) is 69.4 Å². The number of esters is 2. The maximum Gasteiger partial charge on any atom is 0.306 e. The number of rotatable bonds is 56. The Morgan fingerprint density at radius 2 is 0.662 bits per heavy atom. The molecule has 0 amide bonds. The molecule has 0 aromatic heterocycles. The van der Waals surface area contributed by atoms with Crippen molar-refractivity contribution in [2.75, 3.05) is 19.8 Å². The van der Waals surface area contributed by atoms with E-state index in [0.29, 0.717) is 19.4 Å². The largest absolute Gasteiger partial charge is 0.462 e. The van der Waals surface area contributed by atoms with Crippen LogP contribution in [0.15, 0.2) is 48.6 Å². The number of hydrogen-bond acceptors (Lipinski definition) is 5. The number of carbonyl (C=O) groups excluding carboxylic acids is 2. The lowest BCUT2D eigenvalue weighted by atomic mass is 10.0. The third-order valence-electron chi connectivity index (χ3n) is 13.4. The minimum atomic E-state index is -0.538. The van der Waals surface area contributed by atoms with Gasteiger partial charge in [0.1, 0.15) is 6.61 Å². The lowest BCUT2D eigenvalue weighted by Crippen LogP contribution is -2.30. The number of carbonyl (C=O) groups is 2. The summed E-state index contributed by atoms with van der Waals surface area (Å²) in [6.07, 6.45) is 74.2. The Morgan fingerprint density at radius 1 is 0.338 bits per heavy atom. The van der Waals surface area contributed by atoms with Gasteiger partial charge in [0.15, 0.2) is 6.10 Å². The van der Waals surface area contributed by atoms with Crippen molar-refractivity contribution < 1.29 is 23.8 Å². The summed E-state index contributed by atoms with van der Waals surface area (Å²) < 4.78 is 17.5. The molecule has 0 aromatic carbocycles. The minimum Gasteiger partial charge on any atom is -0.462 e. The maximum absolute atomic E-state index is 12.9. The first-order chi connectivity index (χ1) is 33.6. The van der Waals surface area contributed by atoms with Gasteiger partial charge in [0.05, 0.1) is 6.61 Å². The highest BCUT2D eigenvalue weighted by molar-refractivity contribution is 5.70. The topological polar surface area (TPSA) is 61.8 Å². The van der Waals surface area contributed by atoms with E-state index in [4.69, 9.17) is 14.2 Å². The lowest BCUT2D eigenvalue weighted by molar-refractivity contribution is -0.163. The molecule has 0 heterocycles. The van der Waals surface area contributed by atoms with E-state index in [1.165, 1.54) is 212 Å². The molecule has 5 nitrogen and oxygen atoms in total. The van der Waals surface area contributed by atoms with Gasteiger partial charge in [-0.25, -0.2) is 0 Å². The van der Waals surface area contributed by atoms with Crippen LogP contribution in [0.25, 0.3) is 0 Å². The quantitative estimate of drug-likeness (QED) is 0.0345. The normalized spacial score (nSPS) is 12.5. The van der Waals surface area contributed by atoms with Crippen LogP contribution >= 0.6 is 0 Å². The van der Waals surface area contributed by atoms with E-state index in [0.717, 1.165) is 70.6 Å². The number of hydrogen-bond donors (Lipinski definition) is 0. The Labute approximate surface area is 424 Å². The third-order valence-corrected chi connectivity index (χ3v) is 13.4. The standard InChI is InChI=1S/C63H116O5/c1-4-7-10-13-16-19-22-25-28-30-32-33-36-38-41-44-47-50-53-56-62(64)67-60-61(68-63(65)57-54-51-48-45-42-39-35-27-24-21-18-15-12-9-6-3)59-66-58-55-52-49-46-43-40-37-34-31-29-26-23-20-17-14-11-8-5-2/h7,10,16,19,25,28,32-33,61H,4-6,8-9,11-15,17-18,20-24,26-27,29-31,34-60H2,1-3H3/b10-7-,19-16-,28-25-,33-32-. The van der Waals surface area contributed by atoms with Crippen molar-refractivity contribution in [1.82, 2.24) is 0 Å². The number of ether oxygens (including phenoxy) is 3. The predicted octanol–water partition coefficient (Wildman–Crippen LogP) is 20.7. The molecule has 0 spiro atoms. The van der Waals surface area contributed by atoms with Gasteiger partial charge in [0.25, 0.3) is 0 Å². The molecular weight excluding hydrogens is 837 g/mol. The Balaban J connectivity index is 4.25. The molecule has 1 atom stereocenters. The van der Waals surface area contributed by atoms with Gasteiger partial charge in [-0.15, -0.1) is 0 Å². The zero-order chi connectivity index (χ0) is 49.2. The van der Waals surface area contributed by atoms with Gasteiger partial charge in [-0.1, -0.05) is 294 Å². The zero-order valence-electron chi connectivity index (χ0n) is 45.9. The van der Waals surface area contributed by atoms with Gasteiger partial charge < -0.3 is 14.2 Å². The van der Waals surface area contributed by atoms with Crippen LogP contribution in [-0.4, -0.2) is 37.9 Å². The molecule has 1 unspecified atom stereocenters. The molecule has 398 valence electrons. The zero-order valence-corrected chi connectivity index (χ0v) is 45.9. The monoisotopic (exact) mass is 953 g/mol. The molecule has 0 radical (unpaired) electrons. The van der Waals surface area contributed by atoms with E-state index in [1.807, 2.05) is 0 Å². The second kappa shape index (κ2) is 59.2. The van der Waals surface area contributed by atoms with Crippen LogP contribution in [0.3, 0.4) is 0 Å². The van der Waals surface area contributed by atoms with Crippen LogP contribution < -0.4 is 0 Å². The summed E-state index contributed by atoms with van der Waals surface area (Å²) in [6, 6.07) is 0. The lowest BCUT2D eigenvalue weighted by Gasteiger charge is -2.18. The Morgan fingerprint density at radius 3 is 1.06 bits per heavy atom. The van der Waals surface area contributed by atoms with Gasteiger partial charge in [0, 0.05) is 19.4 Å². The average Bonchev–Trinajstić information content (AvgIpc) is 3.34. The van der Waals surface area contributed by atoms with Crippen LogP contribution in [0.1, 0.15) is 316 Å². The molecule has 0 fully saturated rings. The van der Waals surface area contributed by atoms with Crippen LogP contribution in [0.4, 0.5) is 0 Å². The molecule has 0 aliphatic carbocycles. The van der Waals surface area contributed by atoms with E-state index in [1.54, 1.807) is 0 Å². The molecule has 0 rings (SSSR count). The fourth-order valence-corrected chi connectivity index (χ4v) is 8.92. The summed E-state index contributed by atoms with van der Waals surface area (Å²) in [7, 11) is 0. The van der Waals surface area contributed by atoms with E-state index in [-0.39, 0.29) is 25.2 Å². The first-order valence-corrected chi connectivity index (χ1v) is 30.2. The molecule has 0 saturated heterocycles. The van der Waals surface area contributed by atoms with Gasteiger partial charge in [-0.2, -0.15) is 0 Å². The molecule has 0 saturated carbocycles. The van der Waals surface area contributed by atoms with Crippen molar-refractivity contribution in [3.63, 3.8) is 0 Å². The Hall–Kier alpha value is -2.14. The second-order valence-corrected chi connectivity index (χ2v) is 20.2. The molecule has 68 heavy (non-hydrogen) atoms. The third kappa shape index (κ3) is 56.4. The molecule has 0 bridgehead atoms. The number of allylic oxidation sites excluding steroid dienone is 8. The molecule has 5 heteroatoms. The fourth-order valence-electron chi connectivity index (χ4n) is 8.92. The first-order valence-electron chi connectivity index (χ1n) is 30.2. The smallest absolute Gasteiger partial charge is 0.306 e. The van der Waals surface area contributed by atoms with E-state index >= 15 is 0 Å². The van der Waals surface area contributed by atoms with Crippen LogP contribution in [-0.2, 0) is 23.8 Å². The number of unbranched alkanes of at least 4 members (excludes halogenated alkanes) is 37. The average molecular weight is 954 g/mol. The van der Waals surface area contributed by atoms with E-state index in [9.17, 15) is 9.59 Å². The Bertz CT molecular complexity index is 1120. The summed E-state index contributed by atoms with van der Waals surface area (Å²) in [5.74, 6) is -0.393. The summed E-state index contributed by atoms with van der Waals surface area (Å²) >= 11 is 0. The highest BCUT2D eigenvalue weighted by atomic mass is 16.6. The fraction of sp³-hybridized carbons (Fsp3) is 0.841. The Kier molecular flexibility index (Phi) is 57.3. The highest BCUT2D eigenvalue weighted by Gasteiger charge is 2.17. The summed E-state index contributed by atoms with van der Waals surface area (Å²) in [4.78, 5) is 25.6. The predicted molar refractivity (Wildman–Crippen MR) is 298 cm³/mol. The van der Waals surface area contributed by atoms with Gasteiger partial charge in [-0.05, 0) is 57.8 Å². The molecule has 0 aliphatic heterocycles. The van der Waals surface area contributed by atoms with Crippen molar-refractivity contribution in [3.05, 3.63) is 48.6 Å². The molecule has 0 aliphatic rings. The van der Waals surface area contributed by atoms with Crippen LogP contribution in [0.5, 0.6) is 0 Å². The minimum absolute atomic E-state index is 0.0832.